The summed E-state index contributed by atoms with van der Waals surface area (Å²) >= 11 is 0. The Morgan fingerprint density at radius 2 is 1.48 bits per heavy atom. The Morgan fingerprint density at radius 1 is 0.857 bits per heavy atom. The molecule has 3 amide bonds. The van der Waals surface area contributed by atoms with Gasteiger partial charge in [0.1, 0.15) is 17.7 Å². The number of carbonyl (C=O) groups excluding carboxylic acids is 3. The molecule has 0 aliphatic heterocycles. The first-order valence-corrected chi connectivity index (χ1v) is 14.7. The highest BCUT2D eigenvalue weighted by molar-refractivity contribution is 6.00. The van der Waals surface area contributed by atoms with Crippen molar-refractivity contribution >= 4 is 23.6 Å². The van der Waals surface area contributed by atoms with Crippen LogP contribution in [-0.4, -0.2) is 41.0 Å². The highest BCUT2D eigenvalue weighted by Crippen LogP contribution is 2.28. The molecule has 2 unspecified atom stereocenters. The number of aryl methyl sites for hydroxylation is 3. The van der Waals surface area contributed by atoms with Crippen LogP contribution in [0.4, 0.5) is 10.5 Å². The maximum Gasteiger partial charge on any atom is 0.408 e. The molecule has 224 valence electrons. The van der Waals surface area contributed by atoms with Crippen molar-refractivity contribution in [2.45, 2.75) is 85.4 Å². The molecule has 0 saturated carbocycles. The summed E-state index contributed by atoms with van der Waals surface area (Å²) in [6.45, 7) is 13.6. The third kappa shape index (κ3) is 9.20. The van der Waals surface area contributed by atoms with E-state index >= 15 is 0 Å². The van der Waals surface area contributed by atoms with Crippen LogP contribution in [0.3, 0.4) is 0 Å². The van der Waals surface area contributed by atoms with Crippen molar-refractivity contribution in [3.05, 3.63) is 101 Å². The number of nitrogens with zero attached hydrogens (tertiary/aromatic N) is 1. The maximum absolute atomic E-state index is 14.5. The van der Waals surface area contributed by atoms with Gasteiger partial charge in [-0.15, -0.1) is 0 Å². The maximum atomic E-state index is 14.5. The molecule has 0 aliphatic carbocycles. The molecule has 0 heterocycles. The molecule has 0 spiro atoms. The lowest BCUT2D eigenvalue weighted by Gasteiger charge is -2.35. The van der Waals surface area contributed by atoms with Gasteiger partial charge in [0.15, 0.2) is 0 Å². The SMILES string of the molecule is CCCCN(C(=O)C(Cc1ccccc1)NC(=O)OC(C)(C)C)C(C(=O)Nc1c(C)cccc1C)c1ccc(C)cc1. The highest BCUT2D eigenvalue weighted by atomic mass is 16.6. The number of nitrogens with one attached hydrogen (secondary N) is 2. The quantitative estimate of drug-likeness (QED) is 0.258. The Labute approximate surface area is 250 Å². The van der Waals surface area contributed by atoms with Gasteiger partial charge < -0.3 is 20.3 Å². The molecule has 2 atom stereocenters. The Kier molecular flexibility index (Phi) is 11.3. The first-order valence-electron chi connectivity index (χ1n) is 14.7. The predicted molar refractivity (Wildman–Crippen MR) is 168 cm³/mol. The number of benzene rings is 3. The van der Waals surface area contributed by atoms with E-state index in [9.17, 15) is 14.4 Å². The van der Waals surface area contributed by atoms with E-state index in [1.54, 1.807) is 25.7 Å². The number of amides is 3. The Bertz CT molecular complexity index is 1330. The molecular formula is C35H45N3O4. The zero-order valence-electron chi connectivity index (χ0n) is 26.0. The number of para-hydroxylation sites is 1. The van der Waals surface area contributed by atoms with Crippen LogP contribution in [0, 0.1) is 20.8 Å². The fourth-order valence-electron chi connectivity index (χ4n) is 4.82. The minimum atomic E-state index is -0.944. The number of carbonyl (C=O) groups is 3. The summed E-state index contributed by atoms with van der Waals surface area (Å²) in [6, 6.07) is 21.2. The number of alkyl carbamates (subject to hydrolysis) is 1. The fourth-order valence-corrected chi connectivity index (χ4v) is 4.82. The minimum absolute atomic E-state index is 0.251. The molecule has 0 fully saturated rings. The molecule has 42 heavy (non-hydrogen) atoms. The van der Waals surface area contributed by atoms with Crippen LogP contribution >= 0.6 is 0 Å². The summed E-state index contributed by atoms with van der Waals surface area (Å²) in [5.74, 6) is -0.656. The molecule has 3 rings (SSSR count). The Balaban J connectivity index is 2.07. The normalized spacial score (nSPS) is 12.6. The van der Waals surface area contributed by atoms with Crippen LogP contribution < -0.4 is 10.6 Å². The van der Waals surface area contributed by atoms with Crippen molar-refractivity contribution in [2.24, 2.45) is 0 Å². The second-order valence-corrected chi connectivity index (χ2v) is 11.8. The van der Waals surface area contributed by atoms with Crippen molar-refractivity contribution in [3.8, 4) is 0 Å². The second kappa shape index (κ2) is 14.7. The number of hydrogen-bond acceptors (Lipinski definition) is 4. The third-order valence-corrected chi connectivity index (χ3v) is 6.99. The lowest BCUT2D eigenvalue weighted by molar-refractivity contribution is -0.140. The Hall–Kier alpha value is -4.13. The van der Waals surface area contributed by atoms with Gasteiger partial charge in [-0.25, -0.2) is 4.79 Å². The fraction of sp³-hybridized carbons (Fsp3) is 0.400. The first kappa shape index (κ1) is 32.4. The average molecular weight is 572 g/mol. The zero-order valence-corrected chi connectivity index (χ0v) is 26.0. The molecule has 7 heteroatoms. The van der Waals surface area contributed by atoms with E-state index in [1.807, 2.05) is 100 Å². The van der Waals surface area contributed by atoms with E-state index in [0.29, 0.717) is 18.5 Å². The van der Waals surface area contributed by atoms with Gasteiger partial charge in [-0.1, -0.05) is 91.7 Å². The van der Waals surface area contributed by atoms with Crippen LogP contribution in [0.25, 0.3) is 0 Å². The van der Waals surface area contributed by atoms with E-state index in [1.165, 1.54) is 0 Å². The number of unbranched alkanes of at least 4 members (excludes halogenated alkanes) is 1. The van der Waals surface area contributed by atoms with Gasteiger partial charge in [0.05, 0.1) is 0 Å². The van der Waals surface area contributed by atoms with Gasteiger partial charge in [-0.3, -0.25) is 9.59 Å². The van der Waals surface area contributed by atoms with Crippen LogP contribution in [0.5, 0.6) is 0 Å². The summed E-state index contributed by atoms with van der Waals surface area (Å²) < 4.78 is 5.53. The van der Waals surface area contributed by atoms with Crippen molar-refractivity contribution < 1.29 is 19.1 Å². The molecule has 3 aromatic rings. The first-order chi connectivity index (χ1) is 19.9. The topological polar surface area (TPSA) is 87.7 Å². The van der Waals surface area contributed by atoms with Crippen LogP contribution in [0.2, 0.25) is 0 Å². The van der Waals surface area contributed by atoms with E-state index in [-0.39, 0.29) is 18.2 Å². The van der Waals surface area contributed by atoms with Crippen LogP contribution in [0.1, 0.15) is 74.4 Å². The molecule has 0 aromatic heterocycles. The van der Waals surface area contributed by atoms with Crippen molar-refractivity contribution in [1.82, 2.24) is 10.2 Å². The molecule has 2 N–H and O–H groups in total. The molecule has 7 nitrogen and oxygen atoms in total. The van der Waals surface area contributed by atoms with Gasteiger partial charge in [0.2, 0.25) is 5.91 Å². The van der Waals surface area contributed by atoms with Gasteiger partial charge in [-0.05, 0) is 70.2 Å². The minimum Gasteiger partial charge on any atom is -0.444 e. The summed E-state index contributed by atoms with van der Waals surface area (Å²) in [4.78, 5) is 43.2. The monoisotopic (exact) mass is 571 g/mol. The van der Waals surface area contributed by atoms with Crippen LogP contribution in [-0.2, 0) is 20.7 Å². The van der Waals surface area contributed by atoms with Crippen LogP contribution in [0.15, 0.2) is 72.8 Å². The smallest absolute Gasteiger partial charge is 0.408 e. The third-order valence-electron chi connectivity index (χ3n) is 6.99. The summed E-state index contributed by atoms with van der Waals surface area (Å²) in [7, 11) is 0. The predicted octanol–water partition coefficient (Wildman–Crippen LogP) is 7.06. The molecule has 0 saturated heterocycles. The van der Waals surface area contributed by atoms with Crippen molar-refractivity contribution in [1.29, 1.82) is 0 Å². The molecule has 0 radical (unpaired) electrons. The van der Waals surface area contributed by atoms with Crippen molar-refractivity contribution in [2.75, 3.05) is 11.9 Å². The van der Waals surface area contributed by atoms with E-state index in [2.05, 4.69) is 10.6 Å². The van der Waals surface area contributed by atoms with E-state index in [4.69, 9.17) is 4.74 Å². The summed E-state index contributed by atoms with van der Waals surface area (Å²) in [5.41, 5.74) is 4.50. The van der Waals surface area contributed by atoms with Gasteiger partial charge in [0.25, 0.3) is 5.91 Å². The number of ether oxygens (including phenoxy) is 1. The summed E-state index contributed by atoms with van der Waals surface area (Å²) in [5, 5.41) is 5.94. The standard InChI is InChI=1S/C35H45N3O4/c1-8-9-22-38(33(40)29(23-27-16-11-10-12-17-27)36-34(41)42-35(5,6)7)31(28-20-18-24(2)19-21-28)32(39)37-30-25(3)14-13-15-26(30)4/h10-21,29,31H,8-9,22-23H2,1-7H3,(H,36,41)(H,37,39). The molecular weight excluding hydrogens is 526 g/mol. The highest BCUT2D eigenvalue weighted by Gasteiger charge is 2.36. The number of rotatable bonds is 11. The van der Waals surface area contributed by atoms with Gasteiger partial charge >= 0.3 is 6.09 Å². The molecule has 0 bridgehead atoms. The lowest BCUT2D eigenvalue weighted by atomic mass is 9.98. The van der Waals surface area contributed by atoms with E-state index < -0.39 is 23.8 Å². The van der Waals surface area contributed by atoms with Gasteiger partial charge in [0, 0.05) is 18.7 Å². The Morgan fingerprint density at radius 3 is 2.05 bits per heavy atom. The average Bonchev–Trinajstić information content (AvgIpc) is 2.92. The number of hydrogen-bond donors (Lipinski definition) is 2. The largest absolute Gasteiger partial charge is 0.444 e. The van der Waals surface area contributed by atoms with E-state index in [0.717, 1.165) is 34.4 Å². The lowest BCUT2D eigenvalue weighted by Crippen LogP contribution is -2.53. The zero-order chi connectivity index (χ0) is 30.9. The van der Waals surface area contributed by atoms with Crippen molar-refractivity contribution in [3.63, 3.8) is 0 Å². The number of anilines is 1. The molecule has 0 aliphatic rings. The second-order valence-electron chi connectivity index (χ2n) is 11.8. The van der Waals surface area contributed by atoms with Gasteiger partial charge in [-0.2, -0.15) is 0 Å². The summed E-state index contributed by atoms with van der Waals surface area (Å²) in [6.07, 6.45) is 1.08. The molecule has 3 aromatic carbocycles.